The first-order valence-electron chi connectivity index (χ1n) is 6.54. The van der Waals surface area contributed by atoms with E-state index in [-0.39, 0.29) is 0 Å². The van der Waals surface area contributed by atoms with Crippen LogP contribution in [0, 0.1) is 5.92 Å². The first-order chi connectivity index (χ1) is 9.16. The van der Waals surface area contributed by atoms with Gasteiger partial charge in [-0.05, 0) is 42.2 Å². The summed E-state index contributed by atoms with van der Waals surface area (Å²) in [5, 5.41) is 0.757. The Kier molecular flexibility index (Phi) is 4.75. The molecule has 98 valence electrons. The van der Waals surface area contributed by atoms with Crippen molar-refractivity contribution in [3.63, 3.8) is 0 Å². The molecule has 0 amide bonds. The molecule has 19 heavy (non-hydrogen) atoms. The van der Waals surface area contributed by atoms with Gasteiger partial charge in [0.1, 0.15) is 0 Å². The molecular weight excluding hydrogens is 254 g/mol. The van der Waals surface area contributed by atoms with E-state index in [2.05, 4.69) is 24.9 Å². The highest BCUT2D eigenvalue weighted by molar-refractivity contribution is 6.30. The number of benzene rings is 1. The Hall–Kier alpha value is -1.60. The predicted octanol–water partition coefficient (Wildman–Crippen LogP) is 5.21. The van der Waals surface area contributed by atoms with Gasteiger partial charge in [0.2, 0.25) is 0 Å². The normalized spacial score (nSPS) is 11.9. The Morgan fingerprint density at radius 3 is 2.47 bits per heavy atom. The minimum absolute atomic E-state index is 0.631. The van der Waals surface area contributed by atoms with Gasteiger partial charge < -0.3 is 0 Å². The van der Waals surface area contributed by atoms with Crippen LogP contribution in [0.25, 0.3) is 5.57 Å². The second-order valence-electron chi connectivity index (χ2n) is 4.97. The highest BCUT2D eigenvalue weighted by Gasteiger charge is 2.06. The summed E-state index contributed by atoms with van der Waals surface area (Å²) in [6, 6.07) is 13.9. The molecule has 0 aliphatic rings. The number of allylic oxidation sites excluding steroid dienone is 1. The summed E-state index contributed by atoms with van der Waals surface area (Å²) >= 11 is 5.95. The molecule has 1 heterocycles. The van der Waals surface area contributed by atoms with E-state index in [1.807, 2.05) is 48.7 Å². The Balaban J connectivity index is 2.40. The average molecular weight is 272 g/mol. The van der Waals surface area contributed by atoms with Gasteiger partial charge in [0.25, 0.3) is 0 Å². The lowest BCUT2D eigenvalue weighted by Crippen LogP contribution is -1.93. The first-order valence-corrected chi connectivity index (χ1v) is 6.92. The Morgan fingerprint density at radius 1 is 1.16 bits per heavy atom. The van der Waals surface area contributed by atoms with E-state index in [9.17, 15) is 0 Å². The van der Waals surface area contributed by atoms with Crippen molar-refractivity contribution in [2.24, 2.45) is 5.92 Å². The zero-order valence-corrected chi connectivity index (χ0v) is 12.1. The van der Waals surface area contributed by atoms with E-state index in [4.69, 9.17) is 11.6 Å². The highest BCUT2D eigenvalue weighted by atomic mass is 35.5. The van der Waals surface area contributed by atoms with Crippen molar-refractivity contribution in [3.8, 4) is 0 Å². The van der Waals surface area contributed by atoms with Crippen LogP contribution in [0.1, 0.15) is 31.5 Å². The van der Waals surface area contributed by atoms with Gasteiger partial charge in [-0.2, -0.15) is 0 Å². The van der Waals surface area contributed by atoms with Gasteiger partial charge in [0.05, 0.1) is 5.69 Å². The first kappa shape index (κ1) is 13.8. The van der Waals surface area contributed by atoms with Crippen molar-refractivity contribution in [1.29, 1.82) is 0 Å². The summed E-state index contributed by atoms with van der Waals surface area (Å²) in [6.45, 7) is 4.43. The van der Waals surface area contributed by atoms with Crippen LogP contribution < -0.4 is 0 Å². The minimum atomic E-state index is 0.631. The second kappa shape index (κ2) is 6.53. The average Bonchev–Trinajstić information content (AvgIpc) is 2.42. The zero-order chi connectivity index (χ0) is 13.7. The quantitative estimate of drug-likeness (QED) is 0.744. The lowest BCUT2D eigenvalue weighted by atomic mass is 9.98. The van der Waals surface area contributed by atoms with Gasteiger partial charge in [0, 0.05) is 16.8 Å². The van der Waals surface area contributed by atoms with Gasteiger partial charge in [0.15, 0.2) is 0 Å². The maximum Gasteiger partial charge on any atom is 0.0704 e. The van der Waals surface area contributed by atoms with Crippen LogP contribution in [-0.4, -0.2) is 4.98 Å². The SMILES string of the molecule is CC(C)C/C=C(/c1ccc(Cl)cc1)c1ccccn1. The van der Waals surface area contributed by atoms with Crippen LogP contribution >= 0.6 is 11.6 Å². The van der Waals surface area contributed by atoms with Crippen LogP contribution in [0.2, 0.25) is 5.02 Å². The molecule has 0 atom stereocenters. The van der Waals surface area contributed by atoms with Crippen LogP contribution in [0.3, 0.4) is 0 Å². The second-order valence-corrected chi connectivity index (χ2v) is 5.41. The maximum atomic E-state index is 5.95. The minimum Gasteiger partial charge on any atom is -0.256 e. The smallest absolute Gasteiger partial charge is 0.0704 e. The van der Waals surface area contributed by atoms with Crippen LogP contribution in [-0.2, 0) is 0 Å². The lowest BCUT2D eigenvalue weighted by molar-refractivity contribution is 0.664. The molecule has 0 fully saturated rings. The molecule has 0 aliphatic carbocycles. The van der Waals surface area contributed by atoms with Gasteiger partial charge >= 0.3 is 0 Å². The van der Waals surface area contributed by atoms with E-state index in [0.717, 1.165) is 22.7 Å². The van der Waals surface area contributed by atoms with Crippen molar-refractivity contribution < 1.29 is 0 Å². The van der Waals surface area contributed by atoms with Crippen LogP contribution in [0.15, 0.2) is 54.7 Å². The molecule has 0 saturated carbocycles. The molecule has 0 unspecified atom stereocenters. The molecular formula is C17H18ClN. The summed E-state index contributed by atoms with van der Waals surface area (Å²) in [5.41, 5.74) is 3.33. The molecule has 1 aromatic carbocycles. The molecule has 0 saturated heterocycles. The fraction of sp³-hybridized carbons (Fsp3) is 0.235. The third-order valence-corrected chi connectivity index (χ3v) is 3.14. The summed E-state index contributed by atoms with van der Waals surface area (Å²) in [4.78, 5) is 4.45. The molecule has 0 radical (unpaired) electrons. The van der Waals surface area contributed by atoms with Crippen molar-refractivity contribution in [2.75, 3.05) is 0 Å². The Bertz CT molecular complexity index is 541. The Morgan fingerprint density at radius 2 is 1.89 bits per heavy atom. The van der Waals surface area contributed by atoms with E-state index < -0.39 is 0 Å². The zero-order valence-electron chi connectivity index (χ0n) is 11.3. The van der Waals surface area contributed by atoms with Crippen molar-refractivity contribution in [1.82, 2.24) is 4.98 Å². The van der Waals surface area contributed by atoms with E-state index in [1.165, 1.54) is 5.57 Å². The van der Waals surface area contributed by atoms with E-state index in [1.54, 1.807) is 0 Å². The van der Waals surface area contributed by atoms with Gasteiger partial charge in [-0.15, -0.1) is 0 Å². The number of nitrogens with zero attached hydrogens (tertiary/aromatic N) is 1. The molecule has 0 bridgehead atoms. The largest absolute Gasteiger partial charge is 0.256 e. The number of aromatic nitrogens is 1. The monoisotopic (exact) mass is 271 g/mol. The molecule has 0 N–H and O–H groups in total. The maximum absolute atomic E-state index is 5.95. The summed E-state index contributed by atoms with van der Waals surface area (Å²) in [7, 11) is 0. The number of halogens is 1. The Labute approximate surface area is 120 Å². The van der Waals surface area contributed by atoms with Crippen molar-refractivity contribution in [3.05, 3.63) is 71.0 Å². The summed E-state index contributed by atoms with van der Waals surface area (Å²) in [6.07, 6.45) is 5.12. The number of rotatable bonds is 4. The van der Waals surface area contributed by atoms with Crippen molar-refractivity contribution in [2.45, 2.75) is 20.3 Å². The molecule has 2 heteroatoms. The van der Waals surface area contributed by atoms with Crippen LogP contribution in [0.4, 0.5) is 0 Å². The third-order valence-electron chi connectivity index (χ3n) is 2.89. The van der Waals surface area contributed by atoms with Crippen LogP contribution in [0.5, 0.6) is 0 Å². The standard InChI is InChI=1S/C17H18ClN/c1-13(2)6-11-16(17-5-3-4-12-19-17)14-7-9-15(18)10-8-14/h3-5,7-13H,6H2,1-2H3/b16-11-. The van der Waals surface area contributed by atoms with Gasteiger partial charge in [-0.25, -0.2) is 0 Å². The number of pyridine rings is 1. The molecule has 2 rings (SSSR count). The van der Waals surface area contributed by atoms with E-state index >= 15 is 0 Å². The number of hydrogen-bond acceptors (Lipinski definition) is 1. The van der Waals surface area contributed by atoms with Crippen molar-refractivity contribution >= 4 is 17.2 Å². The van der Waals surface area contributed by atoms with E-state index in [0.29, 0.717) is 5.92 Å². The third kappa shape index (κ3) is 3.93. The van der Waals surface area contributed by atoms with Gasteiger partial charge in [-0.3, -0.25) is 4.98 Å². The summed E-state index contributed by atoms with van der Waals surface area (Å²) in [5.74, 6) is 0.631. The predicted molar refractivity (Wildman–Crippen MR) is 82.2 cm³/mol. The number of hydrogen-bond donors (Lipinski definition) is 0. The molecule has 0 spiro atoms. The lowest BCUT2D eigenvalue weighted by Gasteiger charge is -2.09. The fourth-order valence-corrected chi connectivity index (χ4v) is 2.00. The molecule has 1 aromatic heterocycles. The fourth-order valence-electron chi connectivity index (χ4n) is 1.88. The summed E-state index contributed by atoms with van der Waals surface area (Å²) < 4.78 is 0. The topological polar surface area (TPSA) is 12.9 Å². The molecule has 0 aliphatic heterocycles. The molecule has 2 aromatic rings. The highest BCUT2D eigenvalue weighted by Crippen LogP contribution is 2.24. The van der Waals surface area contributed by atoms with Gasteiger partial charge in [-0.1, -0.05) is 49.7 Å². The molecule has 1 nitrogen and oxygen atoms in total.